The number of nitrogens with two attached hydrogens (primary N) is 1. The van der Waals surface area contributed by atoms with Crippen LogP contribution in [0, 0.1) is 0 Å². The van der Waals surface area contributed by atoms with Crippen LogP contribution >= 0.6 is 0 Å². The highest BCUT2D eigenvalue weighted by Crippen LogP contribution is 2.20. The van der Waals surface area contributed by atoms with Crippen LogP contribution in [0.2, 0.25) is 0 Å². The summed E-state index contributed by atoms with van der Waals surface area (Å²) in [4.78, 5) is 21.4. The first-order valence-corrected chi connectivity index (χ1v) is 4.02. The third-order valence-corrected chi connectivity index (χ3v) is 1.50. The minimum absolute atomic E-state index is 0.205. The van der Waals surface area contributed by atoms with Crippen LogP contribution in [0.4, 0.5) is 16.2 Å². The molecule has 74 valence electrons. The molecule has 0 aliphatic carbocycles. The maximum absolute atomic E-state index is 10.8. The van der Waals surface area contributed by atoms with Gasteiger partial charge in [0.2, 0.25) is 5.91 Å². The first-order valence-electron chi connectivity index (χ1n) is 4.02. The summed E-state index contributed by atoms with van der Waals surface area (Å²) < 4.78 is 0. The molecule has 0 heterocycles. The van der Waals surface area contributed by atoms with E-state index in [4.69, 9.17) is 5.73 Å². The van der Waals surface area contributed by atoms with Gasteiger partial charge in [-0.3, -0.25) is 4.79 Å². The van der Waals surface area contributed by atoms with Crippen molar-refractivity contribution in [3.63, 3.8) is 0 Å². The molecule has 0 fully saturated rings. The summed E-state index contributed by atoms with van der Waals surface area (Å²) >= 11 is 0. The molecule has 0 saturated carbocycles. The number of carbonyl (C=O) groups is 2. The van der Waals surface area contributed by atoms with E-state index in [1.54, 1.807) is 24.3 Å². The largest absolute Gasteiger partial charge is 0.351 e. The lowest BCUT2D eigenvalue weighted by molar-refractivity contribution is -0.114. The van der Waals surface area contributed by atoms with Crippen molar-refractivity contribution >= 4 is 23.3 Å². The quantitative estimate of drug-likeness (QED) is 0.657. The van der Waals surface area contributed by atoms with Gasteiger partial charge in [-0.1, -0.05) is 12.1 Å². The molecule has 0 radical (unpaired) electrons. The van der Waals surface area contributed by atoms with Crippen LogP contribution in [0.3, 0.4) is 0 Å². The Kier molecular flexibility index (Phi) is 3.06. The summed E-state index contributed by atoms with van der Waals surface area (Å²) in [6.07, 6.45) is 0. The highest BCUT2D eigenvalue weighted by atomic mass is 16.2. The number of para-hydroxylation sites is 2. The van der Waals surface area contributed by atoms with Gasteiger partial charge in [0.15, 0.2) is 0 Å². The maximum Gasteiger partial charge on any atom is 0.316 e. The fourth-order valence-corrected chi connectivity index (χ4v) is 1.02. The minimum Gasteiger partial charge on any atom is -0.351 e. The summed E-state index contributed by atoms with van der Waals surface area (Å²) in [5.74, 6) is -0.205. The lowest BCUT2D eigenvalue weighted by Crippen LogP contribution is -2.20. The Morgan fingerprint density at radius 1 is 1.14 bits per heavy atom. The molecule has 14 heavy (non-hydrogen) atoms. The zero-order valence-corrected chi connectivity index (χ0v) is 7.70. The van der Waals surface area contributed by atoms with Crippen molar-refractivity contribution in [2.24, 2.45) is 5.73 Å². The van der Waals surface area contributed by atoms with Gasteiger partial charge in [0, 0.05) is 6.92 Å². The second-order valence-electron chi connectivity index (χ2n) is 2.72. The van der Waals surface area contributed by atoms with E-state index in [-0.39, 0.29) is 5.91 Å². The van der Waals surface area contributed by atoms with Crippen molar-refractivity contribution in [1.29, 1.82) is 0 Å². The standard InChI is InChI=1S/C9H11N3O2/c1-6(13)11-7-4-2-3-5-8(7)12-9(10)14/h2-5H,1H3,(H,11,13)(H3,10,12,14). The second kappa shape index (κ2) is 4.27. The van der Waals surface area contributed by atoms with Gasteiger partial charge in [-0.25, -0.2) is 4.79 Å². The molecule has 5 heteroatoms. The molecule has 0 bridgehead atoms. The molecule has 0 aliphatic rings. The van der Waals surface area contributed by atoms with E-state index in [9.17, 15) is 9.59 Å². The molecule has 1 aromatic rings. The highest BCUT2D eigenvalue weighted by molar-refractivity contribution is 5.97. The lowest BCUT2D eigenvalue weighted by Gasteiger charge is -2.08. The number of hydrogen-bond donors (Lipinski definition) is 3. The fourth-order valence-electron chi connectivity index (χ4n) is 1.02. The van der Waals surface area contributed by atoms with Gasteiger partial charge in [0.25, 0.3) is 0 Å². The molecule has 0 unspecified atom stereocenters. The third-order valence-electron chi connectivity index (χ3n) is 1.50. The minimum atomic E-state index is -0.664. The van der Waals surface area contributed by atoms with Crippen molar-refractivity contribution in [2.45, 2.75) is 6.92 Å². The monoisotopic (exact) mass is 193 g/mol. The Hall–Kier alpha value is -2.04. The predicted molar refractivity (Wildman–Crippen MR) is 54.0 cm³/mol. The Balaban J connectivity index is 2.90. The molecule has 1 rings (SSSR count). The van der Waals surface area contributed by atoms with Crippen molar-refractivity contribution in [3.05, 3.63) is 24.3 Å². The average Bonchev–Trinajstić information content (AvgIpc) is 2.06. The van der Waals surface area contributed by atoms with Gasteiger partial charge in [-0.15, -0.1) is 0 Å². The zero-order chi connectivity index (χ0) is 10.6. The van der Waals surface area contributed by atoms with E-state index in [1.807, 2.05) is 0 Å². The number of anilines is 2. The number of urea groups is 1. The molecular weight excluding hydrogens is 182 g/mol. The van der Waals surface area contributed by atoms with Gasteiger partial charge in [0.05, 0.1) is 11.4 Å². The van der Waals surface area contributed by atoms with E-state index in [0.29, 0.717) is 11.4 Å². The molecule has 0 aromatic heterocycles. The molecule has 0 saturated heterocycles. The number of nitrogens with one attached hydrogen (secondary N) is 2. The number of benzene rings is 1. The molecule has 3 amide bonds. The smallest absolute Gasteiger partial charge is 0.316 e. The van der Waals surface area contributed by atoms with Crippen molar-refractivity contribution in [3.8, 4) is 0 Å². The van der Waals surface area contributed by atoms with Crippen LogP contribution in [0.15, 0.2) is 24.3 Å². The number of amides is 3. The summed E-state index contributed by atoms with van der Waals surface area (Å²) in [6, 6.07) is 6.14. The lowest BCUT2D eigenvalue weighted by atomic mass is 10.2. The van der Waals surface area contributed by atoms with Gasteiger partial charge < -0.3 is 16.4 Å². The number of rotatable bonds is 2. The van der Waals surface area contributed by atoms with Crippen LogP contribution in [0.5, 0.6) is 0 Å². The Morgan fingerprint density at radius 2 is 1.64 bits per heavy atom. The van der Waals surface area contributed by atoms with E-state index in [2.05, 4.69) is 10.6 Å². The summed E-state index contributed by atoms with van der Waals surface area (Å²) in [6.45, 7) is 1.39. The van der Waals surface area contributed by atoms with Crippen molar-refractivity contribution in [1.82, 2.24) is 0 Å². The molecular formula is C9H11N3O2. The average molecular weight is 193 g/mol. The Bertz CT molecular complexity index is 328. The summed E-state index contributed by atoms with van der Waals surface area (Å²) in [5.41, 5.74) is 5.97. The van der Waals surface area contributed by atoms with Crippen LogP contribution < -0.4 is 16.4 Å². The topological polar surface area (TPSA) is 84.2 Å². The van der Waals surface area contributed by atoms with E-state index < -0.39 is 6.03 Å². The fraction of sp³-hybridized carbons (Fsp3) is 0.111. The second-order valence-corrected chi connectivity index (χ2v) is 2.72. The van der Waals surface area contributed by atoms with E-state index in [1.165, 1.54) is 6.92 Å². The first-order chi connectivity index (χ1) is 6.59. The van der Waals surface area contributed by atoms with Crippen LogP contribution in [-0.4, -0.2) is 11.9 Å². The van der Waals surface area contributed by atoms with Gasteiger partial charge in [0.1, 0.15) is 0 Å². The molecule has 0 atom stereocenters. The highest BCUT2D eigenvalue weighted by Gasteiger charge is 2.03. The van der Waals surface area contributed by atoms with Gasteiger partial charge >= 0.3 is 6.03 Å². The van der Waals surface area contributed by atoms with Crippen LogP contribution in [-0.2, 0) is 4.79 Å². The van der Waals surface area contributed by atoms with Crippen LogP contribution in [0.1, 0.15) is 6.92 Å². The van der Waals surface area contributed by atoms with Gasteiger partial charge in [-0.2, -0.15) is 0 Å². The third kappa shape index (κ3) is 2.78. The van der Waals surface area contributed by atoms with Crippen LogP contribution in [0.25, 0.3) is 0 Å². The first kappa shape index (κ1) is 10.0. The Labute approximate surface area is 81.3 Å². The van der Waals surface area contributed by atoms with E-state index >= 15 is 0 Å². The number of carbonyl (C=O) groups excluding carboxylic acids is 2. The van der Waals surface area contributed by atoms with Crippen molar-refractivity contribution < 1.29 is 9.59 Å². The number of hydrogen-bond acceptors (Lipinski definition) is 2. The number of primary amides is 1. The van der Waals surface area contributed by atoms with Gasteiger partial charge in [-0.05, 0) is 12.1 Å². The molecule has 4 N–H and O–H groups in total. The molecule has 1 aromatic carbocycles. The molecule has 5 nitrogen and oxygen atoms in total. The normalized spacial score (nSPS) is 9.21. The molecule has 0 spiro atoms. The van der Waals surface area contributed by atoms with E-state index in [0.717, 1.165) is 0 Å². The summed E-state index contributed by atoms with van der Waals surface area (Å²) in [5, 5.41) is 4.97. The summed E-state index contributed by atoms with van der Waals surface area (Å²) in [7, 11) is 0. The Morgan fingerprint density at radius 3 is 2.07 bits per heavy atom. The molecule has 0 aliphatic heterocycles. The zero-order valence-electron chi connectivity index (χ0n) is 7.70. The predicted octanol–water partition coefficient (Wildman–Crippen LogP) is 1.14. The SMILES string of the molecule is CC(=O)Nc1ccccc1NC(N)=O. The van der Waals surface area contributed by atoms with Crippen molar-refractivity contribution in [2.75, 3.05) is 10.6 Å². The maximum atomic E-state index is 10.8.